The van der Waals surface area contributed by atoms with Gasteiger partial charge in [-0.25, -0.2) is 4.79 Å². The Morgan fingerprint density at radius 2 is 1.89 bits per heavy atom. The van der Waals surface area contributed by atoms with Gasteiger partial charge < -0.3 is 14.4 Å². The molecule has 6 heteroatoms. The number of amides is 1. The zero-order chi connectivity index (χ0) is 19.4. The normalized spacial score (nSPS) is 15.9. The van der Waals surface area contributed by atoms with Gasteiger partial charge in [0.1, 0.15) is 5.75 Å². The maximum absolute atomic E-state index is 13.0. The molecule has 3 rings (SSSR count). The maximum atomic E-state index is 13.0. The number of ether oxygens (including phenoxy) is 2. The number of esters is 1. The molecule has 142 valence electrons. The van der Waals surface area contributed by atoms with Crippen molar-refractivity contribution in [3.8, 4) is 5.75 Å². The quantitative estimate of drug-likeness (QED) is 0.759. The van der Waals surface area contributed by atoms with E-state index >= 15 is 0 Å². The number of hydrogen-bond donors (Lipinski definition) is 0. The minimum absolute atomic E-state index is 0.0873. The van der Waals surface area contributed by atoms with Crippen LogP contribution >= 0.6 is 0 Å². The summed E-state index contributed by atoms with van der Waals surface area (Å²) in [5.74, 6) is -0.0691. The molecule has 2 aromatic rings. The van der Waals surface area contributed by atoms with Crippen LogP contribution in [0.5, 0.6) is 5.75 Å². The molecule has 0 spiro atoms. The van der Waals surface area contributed by atoms with Gasteiger partial charge in [0.15, 0.2) is 0 Å². The number of methoxy groups -OCH3 is 1. The Bertz CT molecular complexity index is 836. The fourth-order valence-corrected chi connectivity index (χ4v) is 3.18. The average molecular weight is 368 g/mol. The second-order valence-corrected chi connectivity index (χ2v) is 6.70. The Morgan fingerprint density at radius 3 is 2.63 bits per heavy atom. The Labute approximate surface area is 159 Å². The molecule has 1 atom stereocenters. The number of likely N-dealkylation sites (N-methyl/N-ethyl adjacent to an activating group) is 1. The third kappa shape index (κ3) is 4.28. The van der Waals surface area contributed by atoms with E-state index < -0.39 is 12.1 Å². The topological polar surface area (TPSA) is 59.1 Å². The highest BCUT2D eigenvalue weighted by Gasteiger charge is 2.34. The van der Waals surface area contributed by atoms with E-state index in [0.717, 1.165) is 0 Å². The standard InChI is InChI=1S/C21H24N2O4/c1-15-8-4-5-9-16(15)12-22(2)14-20(24)23-13-19(21(25)26-3)27-18-11-7-6-10-17(18)23/h4-11,19H,12-14H2,1-3H3/t19-/m0/s1. The van der Waals surface area contributed by atoms with E-state index in [-0.39, 0.29) is 19.0 Å². The van der Waals surface area contributed by atoms with Crippen LogP contribution in [0.15, 0.2) is 48.5 Å². The van der Waals surface area contributed by atoms with E-state index in [0.29, 0.717) is 18.0 Å². The molecule has 6 nitrogen and oxygen atoms in total. The predicted octanol–water partition coefficient (Wildman–Crippen LogP) is 2.39. The number of para-hydroxylation sites is 2. The van der Waals surface area contributed by atoms with E-state index in [1.807, 2.05) is 42.3 Å². The van der Waals surface area contributed by atoms with Crippen LogP contribution in [-0.4, -0.2) is 50.1 Å². The summed E-state index contributed by atoms with van der Waals surface area (Å²) >= 11 is 0. The van der Waals surface area contributed by atoms with E-state index in [9.17, 15) is 9.59 Å². The minimum atomic E-state index is -0.824. The molecular weight excluding hydrogens is 344 g/mol. The molecule has 1 heterocycles. The molecule has 0 saturated carbocycles. The van der Waals surface area contributed by atoms with Gasteiger partial charge >= 0.3 is 5.97 Å². The van der Waals surface area contributed by atoms with E-state index in [1.165, 1.54) is 18.2 Å². The Balaban J connectivity index is 1.74. The van der Waals surface area contributed by atoms with Gasteiger partial charge in [0.05, 0.1) is 25.9 Å². The summed E-state index contributed by atoms with van der Waals surface area (Å²) in [6.07, 6.45) is -0.824. The van der Waals surface area contributed by atoms with Crippen molar-refractivity contribution < 1.29 is 19.1 Å². The predicted molar refractivity (Wildman–Crippen MR) is 103 cm³/mol. The molecule has 0 aliphatic carbocycles. The van der Waals surface area contributed by atoms with Crippen LogP contribution < -0.4 is 9.64 Å². The smallest absolute Gasteiger partial charge is 0.348 e. The molecule has 1 aliphatic heterocycles. The highest BCUT2D eigenvalue weighted by molar-refractivity contribution is 5.98. The first kappa shape index (κ1) is 18.9. The Morgan fingerprint density at radius 1 is 1.19 bits per heavy atom. The van der Waals surface area contributed by atoms with Gasteiger partial charge in [0.25, 0.3) is 0 Å². The highest BCUT2D eigenvalue weighted by Crippen LogP contribution is 2.33. The molecule has 0 saturated heterocycles. The summed E-state index contributed by atoms with van der Waals surface area (Å²) in [4.78, 5) is 28.5. The van der Waals surface area contributed by atoms with Gasteiger partial charge in [-0.15, -0.1) is 0 Å². The first-order chi connectivity index (χ1) is 13.0. The molecule has 2 aromatic carbocycles. The molecule has 0 radical (unpaired) electrons. The van der Waals surface area contributed by atoms with Crippen LogP contribution in [0.25, 0.3) is 0 Å². The van der Waals surface area contributed by atoms with E-state index in [4.69, 9.17) is 9.47 Å². The van der Waals surface area contributed by atoms with Crippen LogP contribution in [0.3, 0.4) is 0 Å². The summed E-state index contributed by atoms with van der Waals surface area (Å²) in [5, 5.41) is 0. The third-order valence-corrected chi connectivity index (χ3v) is 4.65. The molecule has 1 aliphatic rings. The number of nitrogens with zero attached hydrogens (tertiary/aromatic N) is 2. The van der Waals surface area contributed by atoms with Crippen molar-refractivity contribution in [2.45, 2.75) is 19.6 Å². The zero-order valence-electron chi connectivity index (χ0n) is 15.8. The summed E-state index contributed by atoms with van der Waals surface area (Å²) < 4.78 is 10.5. The molecule has 0 bridgehead atoms. The molecule has 27 heavy (non-hydrogen) atoms. The third-order valence-electron chi connectivity index (χ3n) is 4.65. The fourth-order valence-electron chi connectivity index (χ4n) is 3.18. The number of rotatable bonds is 5. The summed E-state index contributed by atoms with van der Waals surface area (Å²) in [6.45, 7) is 3.10. The SMILES string of the molecule is COC(=O)[C@@H]1CN(C(=O)CN(C)Cc2ccccc2C)c2ccccc2O1. The van der Waals surface area contributed by atoms with Crippen LogP contribution in [0.4, 0.5) is 5.69 Å². The number of carbonyl (C=O) groups is 2. The number of hydrogen-bond acceptors (Lipinski definition) is 5. The van der Waals surface area contributed by atoms with Crippen molar-refractivity contribution in [2.75, 3.05) is 32.1 Å². The Hall–Kier alpha value is -2.86. The lowest BCUT2D eigenvalue weighted by molar-refractivity contribution is -0.148. The van der Waals surface area contributed by atoms with Gasteiger partial charge in [-0.05, 0) is 37.2 Å². The molecular formula is C21H24N2O4. The molecule has 0 N–H and O–H groups in total. The average Bonchev–Trinajstić information content (AvgIpc) is 2.68. The fraction of sp³-hybridized carbons (Fsp3) is 0.333. The first-order valence-electron chi connectivity index (χ1n) is 8.86. The molecule has 1 amide bonds. The monoisotopic (exact) mass is 368 g/mol. The maximum Gasteiger partial charge on any atom is 0.348 e. The number of anilines is 1. The van der Waals surface area contributed by atoms with Crippen molar-refractivity contribution in [1.82, 2.24) is 4.90 Å². The lowest BCUT2D eigenvalue weighted by Crippen LogP contribution is -2.49. The van der Waals surface area contributed by atoms with Crippen molar-refractivity contribution in [1.29, 1.82) is 0 Å². The largest absolute Gasteiger partial charge is 0.475 e. The van der Waals surface area contributed by atoms with Crippen LogP contribution in [0, 0.1) is 6.92 Å². The number of aryl methyl sites for hydroxylation is 1. The van der Waals surface area contributed by atoms with Crippen LogP contribution in [0.1, 0.15) is 11.1 Å². The summed E-state index contributed by atoms with van der Waals surface area (Å²) in [5.41, 5.74) is 3.05. The lowest BCUT2D eigenvalue weighted by Gasteiger charge is -2.34. The molecule has 0 aromatic heterocycles. The van der Waals surface area contributed by atoms with Crippen molar-refractivity contribution >= 4 is 17.6 Å². The van der Waals surface area contributed by atoms with Gasteiger partial charge in [-0.3, -0.25) is 9.69 Å². The summed E-state index contributed by atoms with van der Waals surface area (Å²) in [6, 6.07) is 15.4. The van der Waals surface area contributed by atoms with Gasteiger partial charge in [0.2, 0.25) is 12.0 Å². The second-order valence-electron chi connectivity index (χ2n) is 6.70. The highest BCUT2D eigenvalue weighted by atomic mass is 16.6. The molecule has 0 fully saturated rings. The van der Waals surface area contributed by atoms with Gasteiger partial charge in [-0.2, -0.15) is 0 Å². The molecule has 0 unspecified atom stereocenters. The van der Waals surface area contributed by atoms with Gasteiger partial charge in [0, 0.05) is 6.54 Å². The minimum Gasteiger partial charge on any atom is -0.475 e. The van der Waals surface area contributed by atoms with Crippen molar-refractivity contribution in [2.24, 2.45) is 0 Å². The number of carbonyl (C=O) groups excluding carboxylic acids is 2. The van der Waals surface area contributed by atoms with E-state index in [1.54, 1.807) is 11.0 Å². The Kier molecular flexibility index (Phi) is 5.76. The van der Waals surface area contributed by atoms with E-state index in [2.05, 4.69) is 19.1 Å². The number of fused-ring (bicyclic) bond motifs is 1. The zero-order valence-corrected chi connectivity index (χ0v) is 15.8. The van der Waals surface area contributed by atoms with Crippen molar-refractivity contribution in [3.05, 3.63) is 59.7 Å². The van der Waals surface area contributed by atoms with Gasteiger partial charge in [-0.1, -0.05) is 36.4 Å². The lowest BCUT2D eigenvalue weighted by atomic mass is 10.1. The summed E-state index contributed by atoms with van der Waals surface area (Å²) in [7, 11) is 3.23. The number of benzene rings is 2. The van der Waals surface area contributed by atoms with Crippen molar-refractivity contribution in [3.63, 3.8) is 0 Å². The van der Waals surface area contributed by atoms with Crippen LogP contribution in [-0.2, 0) is 20.9 Å². The second kappa shape index (κ2) is 8.22. The first-order valence-corrected chi connectivity index (χ1v) is 8.86. The van der Waals surface area contributed by atoms with Crippen LogP contribution in [0.2, 0.25) is 0 Å².